The van der Waals surface area contributed by atoms with Crippen molar-refractivity contribution in [1.82, 2.24) is 4.98 Å². The topological polar surface area (TPSA) is 57.4 Å². The average Bonchev–Trinajstić information content (AvgIpc) is 2.51. The minimum absolute atomic E-state index is 0.295. The minimum atomic E-state index is 0.295. The highest BCUT2D eigenvalue weighted by Gasteiger charge is 2.13. The number of nitrogens with two attached hydrogens (primary N) is 1. The Balaban J connectivity index is 2.26. The molecule has 0 saturated heterocycles. The Kier molecular flexibility index (Phi) is 1.83. The highest BCUT2D eigenvalue weighted by Crippen LogP contribution is 2.30. The normalized spacial score (nSPS) is 13.4. The summed E-state index contributed by atoms with van der Waals surface area (Å²) in [6.45, 7) is 0.899. The van der Waals surface area contributed by atoms with Gasteiger partial charge in [-0.2, -0.15) is 0 Å². The molecule has 1 aliphatic heterocycles. The van der Waals surface area contributed by atoms with Crippen molar-refractivity contribution in [1.29, 1.82) is 0 Å². The van der Waals surface area contributed by atoms with E-state index in [0.717, 1.165) is 23.6 Å². The molecule has 2 rings (SSSR count). The molecule has 0 fully saturated rings. The summed E-state index contributed by atoms with van der Waals surface area (Å²) < 4.78 is 10.3. The first-order chi connectivity index (χ1) is 5.90. The molecule has 2 N–H and O–H groups in total. The van der Waals surface area contributed by atoms with Crippen LogP contribution in [0.1, 0.15) is 5.69 Å². The third-order valence-electron chi connectivity index (χ3n) is 1.72. The summed E-state index contributed by atoms with van der Waals surface area (Å²) >= 11 is 0. The molecule has 0 unspecified atom stereocenters. The van der Waals surface area contributed by atoms with Crippen LogP contribution in [0.5, 0.6) is 11.5 Å². The molecule has 1 aromatic rings. The van der Waals surface area contributed by atoms with E-state index in [1.165, 1.54) is 0 Å². The average molecular weight is 166 g/mol. The van der Waals surface area contributed by atoms with Crippen LogP contribution in [0, 0.1) is 0 Å². The van der Waals surface area contributed by atoms with Crippen molar-refractivity contribution in [2.75, 3.05) is 13.3 Å². The van der Waals surface area contributed by atoms with Gasteiger partial charge in [-0.15, -0.1) is 0 Å². The lowest BCUT2D eigenvalue weighted by atomic mass is 10.2. The van der Waals surface area contributed by atoms with Crippen molar-refractivity contribution < 1.29 is 9.47 Å². The maximum Gasteiger partial charge on any atom is 0.231 e. The van der Waals surface area contributed by atoms with E-state index < -0.39 is 0 Å². The number of hydrogen-bond acceptors (Lipinski definition) is 4. The van der Waals surface area contributed by atoms with Gasteiger partial charge in [0, 0.05) is 18.2 Å². The second-order valence-electron chi connectivity index (χ2n) is 2.57. The zero-order valence-corrected chi connectivity index (χ0v) is 6.62. The SMILES string of the molecule is NCCc1cc2c(cn1)OCO2. The van der Waals surface area contributed by atoms with Crippen LogP contribution in [0.2, 0.25) is 0 Å². The van der Waals surface area contributed by atoms with Gasteiger partial charge in [-0.3, -0.25) is 4.98 Å². The van der Waals surface area contributed by atoms with Crippen molar-refractivity contribution in [3.8, 4) is 11.5 Å². The van der Waals surface area contributed by atoms with Gasteiger partial charge in [0.25, 0.3) is 0 Å². The van der Waals surface area contributed by atoms with Gasteiger partial charge in [0.15, 0.2) is 11.5 Å². The molecular weight excluding hydrogens is 156 g/mol. The Morgan fingerprint density at radius 3 is 3.08 bits per heavy atom. The van der Waals surface area contributed by atoms with Crippen LogP contribution in [-0.2, 0) is 6.42 Å². The molecule has 4 nitrogen and oxygen atoms in total. The van der Waals surface area contributed by atoms with Crippen LogP contribution in [0.4, 0.5) is 0 Å². The van der Waals surface area contributed by atoms with Gasteiger partial charge < -0.3 is 15.2 Å². The van der Waals surface area contributed by atoms with E-state index >= 15 is 0 Å². The van der Waals surface area contributed by atoms with Gasteiger partial charge in [0.05, 0.1) is 6.20 Å². The van der Waals surface area contributed by atoms with E-state index in [0.29, 0.717) is 13.3 Å². The standard InChI is InChI=1S/C8H10N2O2/c9-2-1-6-3-7-8(4-10-6)12-5-11-7/h3-4H,1-2,5,9H2. The first-order valence-electron chi connectivity index (χ1n) is 3.85. The third kappa shape index (κ3) is 1.21. The predicted octanol–water partition coefficient (Wildman–Crippen LogP) is 0.311. The Bertz CT molecular complexity index is 288. The van der Waals surface area contributed by atoms with Gasteiger partial charge >= 0.3 is 0 Å². The molecule has 0 amide bonds. The summed E-state index contributed by atoms with van der Waals surface area (Å²) in [4.78, 5) is 4.16. The van der Waals surface area contributed by atoms with Crippen molar-refractivity contribution in [3.05, 3.63) is 18.0 Å². The molecule has 0 aliphatic carbocycles. The molecule has 0 radical (unpaired) electrons. The monoisotopic (exact) mass is 166 g/mol. The molecule has 0 saturated carbocycles. The first kappa shape index (κ1) is 7.36. The molecule has 1 aromatic heterocycles. The fraction of sp³-hybridized carbons (Fsp3) is 0.375. The van der Waals surface area contributed by atoms with Crippen LogP contribution in [0.25, 0.3) is 0 Å². The van der Waals surface area contributed by atoms with Gasteiger partial charge in [-0.05, 0) is 6.54 Å². The number of ether oxygens (including phenoxy) is 2. The molecule has 0 aromatic carbocycles. The van der Waals surface area contributed by atoms with Gasteiger partial charge in [-0.25, -0.2) is 0 Å². The van der Waals surface area contributed by atoms with E-state index in [-0.39, 0.29) is 0 Å². The molecule has 0 bridgehead atoms. The van der Waals surface area contributed by atoms with Crippen molar-refractivity contribution in [2.45, 2.75) is 6.42 Å². The number of fused-ring (bicyclic) bond motifs is 1. The molecular formula is C8H10N2O2. The Labute approximate surface area is 70.3 Å². The van der Waals surface area contributed by atoms with Crippen molar-refractivity contribution in [3.63, 3.8) is 0 Å². The lowest BCUT2D eigenvalue weighted by Crippen LogP contribution is -2.03. The highest BCUT2D eigenvalue weighted by molar-refractivity contribution is 5.40. The Hall–Kier alpha value is -1.29. The molecule has 1 aliphatic rings. The van der Waals surface area contributed by atoms with Crippen LogP contribution in [0.3, 0.4) is 0 Å². The fourth-order valence-electron chi connectivity index (χ4n) is 1.13. The summed E-state index contributed by atoms with van der Waals surface area (Å²) in [5.41, 5.74) is 6.34. The summed E-state index contributed by atoms with van der Waals surface area (Å²) in [6.07, 6.45) is 2.45. The van der Waals surface area contributed by atoms with Crippen LogP contribution >= 0.6 is 0 Å². The second-order valence-corrected chi connectivity index (χ2v) is 2.57. The lowest BCUT2D eigenvalue weighted by Gasteiger charge is -1.98. The molecule has 12 heavy (non-hydrogen) atoms. The summed E-state index contributed by atoms with van der Waals surface area (Å²) in [6, 6.07) is 1.87. The summed E-state index contributed by atoms with van der Waals surface area (Å²) in [5.74, 6) is 1.49. The maximum absolute atomic E-state index is 5.39. The molecule has 64 valence electrons. The number of rotatable bonds is 2. The van der Waals surface area contributed by atoms with Crippen molar-refractivity contribution >= 4 is 0 Å². The Morgan fingerprint density at radius 1 is 1.42 bits per heavy atom. The Morgan fingerprint density at radius 2 is 2.25 bits per heavy atom. The van der Waals surface area contributed by atoms with Crippen LogP contribution in [0.15, 0.2) is 12.3 Å². The minimum Gasteiger partial charge on any atom is -0.453 e. The number of aromatic nitrogens is 1. The van der Waals surface area contributed by atoms with E-state index in [9.17, 15) is 0 Å². The van der Waals surface area contributed by atoms with E-state index in [4.69, 9.17) is 15.2 Å². The smallest absolute Gasteiger partial charge is 0.231 e. The number of hydrogen-bond donors (Lipinski definition) is 1. The van der Waals surface area contributed by atoms with E-state index in [1.54, 1.807) is 6.20 Å². The van der Waals surface area contributed by atoms with Crippen LogP contribution in [-0.4, -0.2) is 18.3 Å². The zero-order valence-electron chi connectivity index (χ0n) is 6.62. The zero-order chi connectivity index (χ0) is 8.39. The van der Waals surface area contributed by atoms with Gasteiger partial charge in [0.1, 0.15) is 0 Å². The third-order valence-corrected chi connectivity index (χ3v) is 1.72. The fourth-order valence-corrected chi connectivity index (χ4v) is 1.13. The van der Waals surface area contributed by atoms with Crippen molar-refractivity contribution in [2.24, 2.45) is 5.73 Å². The largest absolute Gasteiger partial charge is 0.453 e. The predicted molar refractivity (Wildman–Crippen MR) is 43.1 cm³/mol. The summed E-state index contributed by atoms with van der Waals surface area (Å²) in [5, 5.41) is 0. The first-order valence-corrected chi connectivity index (χ1v) is 3.85. The number of nitrogens with zero attached hydrogens (tertiary/aromatic N) is 1. The number of pyridine rings is 1. The second kappa shape index (κ2) is 2.98. The highest BCUT2D eigenvalue weighted by atomic mass is 16.7. The van der Waals surface area contributed by atoms with Gasteiger partial charge in [0.2, 0.25) is 6.79 Å². The van der Waals surface area contributed by atoms with Crippen LogP contribution < -0.4 is 15.2 Å². The lowest BCUT2D eigenvalue weighted by molar-refractivity contribution is 0.174. The summed E-state index contributed by atoms with van der Waals surface area (Å²) in [7, 11) is 0. The van der Waals surface area contributed by atoms with E-state index in [1.807, 2.05) is 6.07 Å². The molecule has 4 heteroatoms. The molecule has 0 spiro atoms. The quantitative estimate of drug-likeness (QED) is 0.687. The molecule has 2 heterocycles. The van der Waals surface area contributed by atoms with Gasteiger partial charge in [-0.1, -0.05) is 0 Å². The van der Waals surface area contributed by atoms with E-state index in [2.05, 4.69) is 4.98 Å². The molecule has 0 atom stereocenters. The maximum atomic E-state index is 5.39.